The third kappa shape index (κ3) is 1.11. The van der Waals surface area contributed by atoms with E-state index in [-0.39, 0.29) is 11.6 Å². The molecule has 3 heteroatoms. The molecule has 0 amide bonds. The fourth-order valence-electron chi connectivity index (χ4n) is 1.40. The van der Waals surface area contributed by atoms with Crippen molar-refractivity contribution in [1.29, 1.82) is 0 Å². The van der Waals surface area contributed by atoms with Crippen LogP contribution in [-0.2, 0) is 0 Å². The van der Waals surface area contributed by atoms with Crippen LogP contribution in [0.3, 0.4) is 0 Å². The van der Waals surface area contributed by atoms with Crippen molar-refractivity contribution in [3.8, 4) is 0 Å². The third-order valence-electron chi connectivity index (χ3n) is 2.32. The van der Waals surface area contributed by atoms with Crippen molar-refractivity contribution < 1.29 is 5.21 Å². The van der Waals surface area contributed by atoms with E-state index in [1.165, 1.54) is 5.06 Å². The maximum absolute atomic E-state index is 9.50. The summed E-state index contributed by atoms with van der Waals surface area (Å²) < 4.78 is 0. The predicted octanol–water partition coefficient (Wildman–Crippen LogP) is 2.01. The minimum absolute atomic E-state index is 0.112. The van der Waals surface area contributed by atoms with E-state index >= 15 is 0 Å². The summed E-state index contributed by atoms with van der Waals surface area (Å²) in [5.41, 5.74) is -0.112. The van der Waals surface area contributed by atoms with E-state index in [0.717, 1.165) is 6.42 Å². The first kappa shape index (κ1) is 8.50. The Bertz CT molecular complexity index is 138. The molecule has 60 valence electrons. The first-order valence-electron chi connectivity index (χ1n) is 3.58. The van der Waals surface area contributed by atoms with Crippen molar-refractivity contribution in [3.05, 3.63) is 0 Å². The molecule has 1 rings (SSSR count). The zero-order valence-corrected chi connectivity index (χ0v) is 8.22. The van der Waals surface area contributed by atoms with Gasteiger partial charge in [0.05, 0.1) is 5.54 Å². The first-order chi connectivity index (χ1) is 4.46. The highest BCUT2D eigenvalue weighted by atomic mass is 79.9. The normalized spacial score (nSPS) is 40.5. The molecule has 1 heterocycles. The van der Waals surface area contributed by atoms with Gasteiger partial charge in [0.25, 0.3) is 0 Å². The first-order valence-corrected chi connectivity index (χ1v) is 4.50. The van der Waals surface area contributed by atoms with Crippen LogP contribution in [0.5, 0.6) is 0 Å². The molecule has 1 fully saturated rings. The molecule has 1 aliphatic rings. The van der Waals surface area contributed by atoms with Gasteiger partial charge in [0, 0.05) is 10.9 Å². The van der Waals surface area contributed by atoms with Crippen LogP contribution in [0, 0.1) is 0 Å². The van der Waals surface area contributed by atoms with Gasteiger partial charge in [0.15, 0.2) is 0 Å². The summed E-state index contributed by atoms with van der Waals surface area (Å²) in [5.74, 6) is 0. The van der Waals surface area contributed by atoms with Gasteiger partial charge in [0.2, 0.25) is 0 Å². The molecule has 2 nitrogen and oxygen atoms in total. The lowest BCUT2D eigenvalue weighted by Gasteiger charge is -2.29. The number of rotatable bonds is 0. The number of halogens is 1. The smallest absolute Gasteiger partial charge is 0.0532 e. The Kier molecular flexibility index (Phi) is 2.10. The highest BCUT2D eigenvalue weighted by Gasteiger charge is 2.43. The lowest BCUT2D eigenvalue weighted by Crippen LogP contribution is -2.42. The van der Waals surface area contributed by atoms with E-state index in [9.17, 15) is 5.21 Å². The molecule has 0 bridgehead atoms. The summed E-state index contributed by atoms with van der Waals surface area (Å²) >= 11 is 3.54. The molecule has 1 N–H and O–H groups in total. The summed E-state index contributed by atoms with van der Waals surface area (Å²) in [4.78, 5) is 0.403. The van der Waals surface area contributed by atoms with Crippen molar-refractivity contribution in [2.24, 2.45) is 0 Å². The average Bonchev–Trinajstić information content (AvgIpc) is 1.97. The molecule has 2 unspecified atom stereocenters. The molecular formula is C7H14BrNO. The van der Waals surface area contributed by atoms with Crippen molar-refractivity contribution in [2.75, 3.05) is 0 Å². The van der Waals surface area contributed by atoms with Gasteiger partial charge in [-0.05, 0) is 27.2 Å². The standard InChI is InChI=1S/C7H14BrNO/c1-5-4-6(8)7(2,3)9(5)10/h5-6,10H,4H2,1-3H3. The van der Waals surface area contributed by atoms with Crippen LogP contribution in [0.15, 0.2) is 0 Å². The zero-order valence-electron chi connectivity index (χ0n) is 6.63. The number of alkyl halides is 1. The molecule has 0 spiro atoms. The number of hydrogen-bond acceptors (Lipinski definition) is 2. The van der Waals surface area contributed by atoms with Crippen LogP contribution in [0.4, 0.5) is 0 Å². The highest BCUT2D eigenvalue weighted by molar-refractivity contribution is 9.09. The molecule has 0 radical (unpaired) electrons. The van der Waals surface area contributed by atoms with Crippen LogP contribution in [0.25, 0.3) is 0 Å². The SMILES string of the molecule is CC1CC(Br)C(C)(C)N1O. The topological polar surface area (TPSA) is 23.5 Å². The highest BCUT2D eigenvalue weighted by Crippen LogP contribution is 2.36. The molecular weight excluding hydrogens is 194 g/mol. The van der Waals surface area contributed by atoms with Gasteiger partial charge >= 0.3 is 0 Å². The maximum Gasteiger partial charge on any atom is 0.0532 e. The van der Waals surface area contributed by atoms with Gasteiger partial charge in [0.1, 0.15) is 0 Å². The summed E-state index contributed by atoms with van der Waals surface area (Å²) in [6.45, 7) is 6.11. The molecule has 0 saturated carbocycles. The van der Waals surface area contributed by atoms with Crippen molar-refractivity contribution in [1.82, 2.24) is 5.06 Å². The van der Waals surface area contributed by atoms with E-state index in [4.69, 9.17) is 0 Å². The number of hydrogen-bond donors (Lipinski definition) is 1. The second kappa shape index (κ2) is 2.47. The van der Waals surface area contributed by atoms with Gasteiger partial charge in [-0.2, -0.15) is 5.06 Å². The van der Waals surface area contributed by atoms with Crippen LogP contribution in [0.1, 0.15) is 27.2 Å². The van der Waals surface area contributed by atoms with Crippen molar-refractivity contribution in [3.63, 3.8) is 0 Å². The van der Waals surface area contributed by atoms with Crippen LogP contribution in [-0.4, -0.2) is 26.7 Å². The quantitative estimate of drug-likeness (QED) is 0.615. The molecule has 0 aliphatic carbocycles. The lowest BCUT2D eigenvalue weighted by atomic mass is 10.0. The summed E-state index contributed by atoms with van der Waals surface area (Å²) in [6, 6.07) is 0.277. The minimum Gasteiger partial charge on any atom is -0.313 e. The predicted molar refractivity (Wildman–Crippen MR) is 44.5 cm³/mol. The molecule has 0 aromatic heterocycles. The van der Waals surface area contributed by atoms with Crippen molar-refractivity contribution >= 4 is 15.9 Å². The van der Waals surface area contributed by atoms with E-state index in [0.29, 0.717) is 4.83 Å². The molecule has 10 heavy (non-hydrogen) atoms. The zero-order chi connectivity index (χ0) is 7.94. The average molecular weight is 208 g/mol. The molecule has 1 saturated heterocycles. The van der Waals surface area contributed by atoms with Gasteiger partial charge in [-0.3, -0.25) is 0 Å². The Hall–Kier alpha value is 0.400. The fourth-order valence-corrected chi connectivity index (χ4v) is 2.15. The Labute approximate surface area is 70.3 Å². The molecule has 1 aliphatic heterocycles. The number of nitrogens with zero attached hydrogens (tertiary/aromatic N) is 1. The maximum atomic E-state index is 9.50. The van der Waals surface area contributed by atoms with Gasteiger partial charge in [-0.1, -0.05) is 15.9 Å². The Morgan fingerprint density at radius 3 is 2.20 bits per heavy atom. The number of hydroxylamine groups is 2. The lowest BCUT2D eigenvalue weighted by molar-refractivity contribution is -0.158. The molecule has 2 atom stereocenters. The van der Waals surface area contributed by atoms with E-state index in [1.807, 2.05) is 20.8 Å². The van der Waals surface area contributed by atoms with E-state index in [2.05, 4.69) is 15.9 Å². The summed E-state index contributed by atoms with van der Waals surface area (Å²) in [6.07, 6.45) is 1.02. The van der Waals surface area contributed by atoms with Gasteiger partial charge in [-0.15, -0.1) is 0 Å². The second-order valence-electron chi connectivity index (χ2n) is 3.55. The van der Waals surface area contributed by atoms with Crippen LogP contribution < -0.4 is 0 Å². The monoisotopic (exact) mass is 207 g/mol. The summed E-state index contributed by atoms with van der Waals surface area (Å²) in [5, 5.41) is 10.9. The summed E-state index contributed by atoms with van der Waals surface area (Å²) in [7, 11) is 0. The molecule has 0 aromatic carbocycles. The van der Waals surface area contributed by atoms with E-state index in [1.54, 1.807) is 0 Å². The fraction of sp³-hybridized carbons (Fsp3) is 1.00. The van der Waals surface area contributed by atoms with Crippen LogP contribution >= 0.6 is 15.9 Å². The third-order valence-corrected chi connectivity index (χ3v) is 3.82. The second-order valence-corrected chi connectivity index (χ2v) is 4.66. The van der Waals surface area contributed by atoms with E-state index < -0.39 is 0 Å². The molecule has 0 aromatic rings. The van der Waals surface area contributed by atoms with Gasteiger partial charge in [-0.25, -0.2) is 0 Å². The Morgan fingerprint density at radius 2 is 2.10 bits per heavy atom. The van der Waals surface area contributed by atoms with Crippen molar-refractivity contribution in [2.45, 2.75) is 43.6 Å². The largest absolute Gasteiger partial charge is 0.313 e. The minimum atomic E-state index is -0.112. The Morgan fingerprint density at radius 1 is 1.60 bits per heavy atom. The van der Waals surface area contributed by atoms with Gasteiger partial charge < -0.3 is 5.21 Å². The Balaban J connectivity index is 2.75. The van der Waals surface area contributed by atoms with Crippen LogP contribution in [0.2, 0.25) is 0 Å².